The lowest BCUT2D eigenvalue weighted by Crippen LogP contribution is -2.42. The minimum atomic E-state index is -0.463. The first-order valence-electron chi connectivity index (χ1n) is 9.12. The van der Waals surface area contributed by atoms with Crippen molar-refractivity contribution in [3.63, 3.8) is 0 Å². The molecule has 0 N–H and O–H groups in total. The van der Waals surface area contributed by atoms with E-state index in [2.05, 4.69) is 15.2 Å². The van der Waals surface area contributed by atoms with Crippen molar-refractivity contribution in [1.82, 2.24) is 24.9 Å². The van der Waals surface area contributed by atoms with Crippen molar-refractivity contribution >= 4 is 17.5 Å². The van der Waals surface area contributed by atoms with Gasteiger partial charge in [-0.15, -0.1) is 0 Å². The normalized spacial score (nSPS) is 11.9. The van der Waals surface area contributed by atoms with Gasteiger partial charge in [-0.1, -0.05) is 11.6 Å². The van der Waals surface area contributed by atoms with E-state index in [-0.39, 0.29) is 24.1 Å². The van der Waals surface area contributed by atoms with Crippen LogP contribution >= 0.6 is 11.6 Å². The van der Waals surface area contributed by atoms with Crippen LogP contribution in [-0.2, 0) is 0 Å². The van der Waals surface area contributed by atoms with Crippen molar-refractivity contribution in [3.05, 3.63) is 64.8 Å². The molecule has 29 heavy (non-hydrogen) atoms. The average molecular weight is 418 g/mol. The van der Waals surface area contributed by atoms with Gasteiger partial charge in [0.1, 0.15) is 12.4 Å². The van der Waals surface area contributed by atoms with Gasteiger partial charge >= 0.3 is 0 Å². The molecule has 2 aromatic heterocycles. The van der Waals surface area contributed by atoms with Crippen LogP contribution in [0.15, 0.2) is 42.9 Å². The maximum atomic E-state index is 14.3. The molecule has 0 radical (unpaired) electrons. The second-order valence-corrected chi connectivity index (χ2v) is 6.94. The highest BCUT2D eigenvalue weighted by atomic mass is 35.5. The van der Waals surface area contributed by atoms with Crippen LogP contribution in [-0.4, -0.2) is 50.0 Å². The molecule has 0 spiro atoms. The van der Waals surface area contributed by atoms with E-state index in [1.807, 2.05) is 13.8 Å². The third-order valence-electron chi connectivity index (χ3n) is 4.45. The molecule has 3 rings (SSSR count). The predicted molar refractivity (Wildman–Crippen MR) is 107 cm³/mol. The van der Waals surface area contributed by atoms with Crippen LogP contribution in [0.1, 0.15) is 29.8 Å². The van der Waals surface area contributed by atoms with Crippen molar-refractivity contribution in [2.24, 2.45) is 0 Å². The lowest BCUT2D eigenvalue weighted by molar-refractivity contribution is 0.0645. The first-order valence-corrected chi connectivity index (χ1v) is 9.50. The molecule has 0 saturated heterocycles. The van der Waals surface area contributed by atoms with Gasteiger partial charge in [-0.25, -0.2) is 9.37 Å². The number of benzene rings is 1. The molecule has 0 aliphatic rings. The van der Waals surface area contributed by atoms with Crippen molar-refractivity contribution in [2.45, 2.75) is 26.8 Å². The largest absolute Gasteiger partial charge is 0.475 e. The van der Waals surface area contributed by atoms with Crippen molar-refractivity contribution < 1.29 is 13.9 Å². The SMILES string of the molecule is CCN(C(=O)c1cc(F)c(C)cc1-n1nccn1)[C@@H](C)COc1ccc(Cl)cn1. The number of hydrogen-bond acceptors (Lipinski definition) is 5. The quantitative estimate of drug-likeness (QED) is 0.586. The zero-order valence-electron chi connectivity index (χ0n) is 16.3. The van der Waals surface area contributed by atoms with Gasteiger partial charge in [-0.05, 0) is 44.5 Å². The number of likely N-dealkylation sites (N-methyl/N-ethyl adjacent to an activating group) is 1. The fraction of sp³-hybridized carbons (Fsp3) is 0.300. The number of aryl methyl sites for hydroxylation is 1. The molecule has 3 aromatic rings. The number of amides is 1. The first kappa shape index (κ1) is 20.7. The van der Waals surface area contributed by atoms with E-state index >= 15 is 0 Å². The molecular formula is C20H21ClFN5O2. The molecule has 1 amide bonds. The second-order valence-electron chi connectivity index (χ2n) is 6.50. The number of carbonyl (C=O) groups excluding carboxylic acids is 1. The highest BCUT2D eigenvalue weighted by molar-refractivity contribution is 6.30. The first-order chi connectivity index (χ1) is 13.9. The minimum absolute atomic E-state index is 0.183. The second kappa shape index (κ2) is 9.00. The molecule has 9 heteroatoms. The van der Waals surface area contributed by atoms with Crippen LogP contribution in [0.5, 0.6) is 5.88 Å². The monoisotopic (exact) mass is 417 g/mol. The Morgan fingerprint density at radius 3 is 2.66 bits per heavy atom. The number of rotatable bonds is 7. The predicted octanol–water partition coefficient (Wildman–Crippen LogP) is 3.69. The van der Waals surface area contributed by atoms with E-state index in [0.717, 1.165) is 0 Å². The molecule has 0 bridgehead atoms. The zero-order valence-corrected chi connectivity index (χ0v) is 17.1. The Bertz CT molecular complexity index is 979. The maximum Gasteiger partial charge on any atom is 0.256 e. The summed E-state index contributed by atoms with van der Waals surface area (Å²) in [6, 6.07) is 5.84. The van der Waals surface area contributed by atoms with Crippen molar-refractivity contribution in [3.8, 4) is 11.6 Å². The summed E-state index contributed by atoms with van der Waals surface area (Å²) in [5.41, 5.74) is 1.01. The van der Waals surface area contributed by atoms with Gasteiger partial charge in [0.05, 0.1) is 34.7 Å². The third-order valence-corrected chi connectivity index (χ3v) is 4.67. The molecular weight excluding hydrogens is 397 g/mol. The van der Waals surface area contributed by atoms with Gasteiger partial charge in [0.25, 0.3) is 5.91 Å². The number of aromatic nitrogens is 4. The lowest BCUT2D eigenvalue weighted by atomic mass is 10.1. The fourth-order valence-electron chi connectivity index (χ4n) is 2.90. The number of pyridine rings is 1. The van der Waals surface area contributed by atoms with E-state index in [1.165, 1.54) is 29.5 Å². The van der Waals surface area contributed by atoms with Crippen LogP contribution < -0.4 is 4.74 Å². The molecule has 2 heterocycles. The van der Waals surface area contributed by atoms with Gasteiger partial charge in [-0.3, -0.25) is 4.79 Å². The summed E-state index contributed by atoms with van der Waals surface area (Å²) in [7, 11) is 0. The summed E-state index contributed by atoms with van der Waals surface area (Å²) < 4.78 is 19.9. The molecule has 1 aromatic carbocycles. The number of halogens is 2. The van der Waals surface area contributed by atoms with Crippen LogP contribution in [0.25, 0.3) is 5.69 Å². The van der Waals surface area contributed by atoms with E-state index in [1.54, 1.807) is 30.0 Å². The summed E-state index contributed by atoms with van der Waals surface area (Å²) in [6.07, 6.45) is 4.49. The summed E-state index contributed by atoms with van der Waals surface area (Å²) in [4.78, 5) is 20.3. The van der Waals surface area contributed by atoms with Crippen molar-refractivity contribution in [1.29, 1.82) is 0 Å². The number of ether oxygens (including phenoxy) is 1. The molecule has 0 saturated carbocycles. The Hall–Kier alpha value is -3.00. The van der Waals surface area contributed by atoms with Gasteiger partial charge < -0.3 is 9.64 Å². The van der Waals surface area contributed by atoms with E-state index in [9.17, 15) is 9.18 Å². The van der Waals surface area contributed by atoms with E-state index in [0.29, 0.717) is 28.7 Å². The molecule has 0 aliphatic carbocycles. The Balaban J connectivity index is 1.83. The summed E-state index contributed by atoms with van der Waals surface area (Å²) >= 11 is 5.82. The van der Waals surface area contributed by atoms with Gasteiger partial charge in [0.2, 0.25) is 5.88 Å². The standard InChI is InChI=1S/C20H21ClFN5O2/c1-4-26(14(3)12-29-19-6-5-15(21)11-23-19)20(28)16-10-17(22)13(2)9-18(16)27-24-7-8-25-27/h5-11,14H,4,12H2,1-3H3/t14-/m0/s1. The van der Waals surface area contributed by atoms with Gasteiger partial charge in [0, 0.05) is 18.8 Å². The Morgan fingerprint density at radius 2 is 2.03 bits per heavy atom. The van der Waals surface area contributed by atoms with E-state index in [4.69, 9.17) is 16.3 Å². The summed E-state index contributed by atoms with van der Waals surface area (Å²) in [5, 5.41) is 8.68. The molecule has 0 fully saturated rings. The van der Waals surface area contributed by atoms with Crippen LogP contribution in [0.3, 0.4) is 0 Å². The summed E-state index contributed by atoms with van der Waals surface area (Å²) in [5.74, 6) is -0.388. The Labute approximate surface area is 173 Å². The minimum Gasteiger partial charge on any atom is -0.475 e. The van der Waals surface area contributed by atoms with Crippen LogP contribution in [0.2, 0.25) is 5.02 Å². The summed E-state index contributed by atoms with van der Waals surface area (Å²) in [6.45, 7) is 5.97. The van der Waals surface area contributed by atoms with Gasteiger partial charge in [-0.2, -0.15) is 15.0 Å². The van der Waals surface area contributed by atoms with E-state index < -0.39 is 5.82 Å². The average Bonchev–Trinajstić information content (AvgIpc) is 3.24. The Kier molecular flexibility index (Phi) is 6.43. The van der Waals surface area contributed by atoms with Crippen LogP contribution in [0, 0.1) is 12.7 Å². The zero-order chi connectivity index (χ0) is 21.0. The highest BCUT2D eigenvalue weighted by Crippen LogP contribution is 2.21. The number of carbonyl (C=O) groups is 1. The van der Waals surface area contributed by atoms with Gasteiger partial charge in [0.15, 0.2) is 0 Å². The Morgan fingerprint density at radius 1 is 1.31 bits per heavy atom. The molecule has 7 nitrogen and oxygen atoms in total. The lowest BCUT2D eigenvalue weighted by Gasteiger charge is -2.28. The molecule has 1 atom stereocenters. The van der Waals surface area contributed by atoms with Crippen LogP contribution in [0.4, 0.5) is 4.39 Å². The highest BCUT2D eigenvalue weighted by Gasteiger charge is 2.25. The number of nitrogens with zero attached hydrogens (tertiary/aromatic N) is 5. The van der Waals surface area contributed by atoms with Crippen molar-refractivity contribution in [2.75, 3.05) is 13.2 Å². The fourth-order valence-corrected chi connectivity index (χ4v) is 3.01. The molecule has 0 aliphatic heterocycles. The molecule has 0 unspecified atom stereocenters. The third kappa shape index (κ3) is 4.71. The topological polar surface area (TPSA) is 73.1 Å². The molecule has 152 valence electrons. The maximum absolute atomic E-state index is 14.3. The number of hydrogen-bond donors (Lipinski definition) is 0. The smallest absolute Gasteiger partial charge is 0.256 e.